The van der Waals surface area contributed by atoms with E-state index in [1.807, 2.05) is 27.2 Å². The summed E-state index contributed by atoms with van der Waals surface area (Å²) < 4.78 is 23.5. The van der Waals surface area contributed by atoms with E-state index in [0.29, 0.717) is 17.4 Å². The highest BCUT2D eigenvalue weighted by atomic mass is 31.2. The number of aliphatic hydroxyl groups excluding tert-OH is 1. The van der Waals surface area contributed by atoms with Crippen LogP contribution in [0.1, 0.15) is 226 Å². The quantitative estimate of drug-likeness (QED) is 0.0244. The Morgan fingerprint density at radius 3 is 1.40 bits per heavy atom. The first-order valence-electron chi connectivity index (χ1n) is 24.2. The molecule has 0 aromatic heterocycles. The Morgan fingerprint density at radius 2 is 0.965 bits per heavy atom. The summed E-state index contributed by atoms with van der Waals surface area (Å²) in [4.78, 5) is 23.1. The zero-order valence-corrected chi connectivity index (χ0v) is 39.2. The number of phosphoric ester groups is 1. The Bertz CT molecular complexity index is 984. The molecule has 0 heterocycles. The zero-order chi connectivity index (χ0) is 42.1. The summed E-state index contributed by atoms with van der Waals surface area (Å²) in [6.45, 7) is 4.79. The van der Waals surface area contributed by atoms with Gasteiger partial charge in [-0.05, 0) is 32.1 Å². The Balaban J connectivity index is 4.23. The molecule has 0 aromatic rings. The highest BCUT2D eigenvalue weighted by Gasteiger charge is 2.27. The fraction of sp³-hybridized carbons (Fsp3) is 0.896. The van der Waals surface area contributed by atoms with Gasteiger partial charge in [0, 0.05) is 6.42 Å². The maximum absolute atomic E-state index is 12.9. The average Bonchev–Trinajstić information content (AvgIpc) is 3.16. The first-order chi connectivity index (χ1) is 27.5. The number of nitrogens with one attached hydrogen (secondary N) is 1. The van der Waals surface area contributed by atoms with Crippen molar-refractivity contribution in [3.8, 4) is 0 Å². The Kier molecular flexibility index (Phi) is 39.7. The Morgan fingerprint density at radius 1 is 0.579 bits per heavy atom. The van der Waals surface area contributed by atoms with Crippen molar-refractivity contribution in [2.45, 2.75) is 238 Å². The monoisotopic (exact) mass is 828 g/mol. The number of unbranched alkanes of at least 4 members (excludes halogenated alkanes) is 29. The third kappa shape index (κ3) is 42.9. The zero-order valence-electron chi connectivity index (χ0n) is 38.3. The number of nitrogens with zero attached hydrogens (tertiary/aromatic N) is 1. The molecule has 0 aromatic carbocycles. The lowest BCUT2D eigenvalue weighted by molar-refractivity contribution is -0.870. The van der Waals surface area contributed by atoms with Crippen molar-refractivity contribution < 1.29 is 32.9 Å². The highest BCUT2D eigenvalue weighted by molar-refractivity contribution is 7.47. The fourth-order valence-electron chi connectivity index (χ4n) is 7.06. The number of hydrogen-bond donors (Lipinski definition) is 3. The van der Waals surface area contributed by atoms with Crippen LogP contribution in [0.15, 0.2) is 24.3 Å². The van der Waals surface area contributed by atoms with Crippen molar-refractivity contribution in [3.05, 3.63) is 24.3 Å². The number of aliphatic hydroxyl groups is 1. The molecule has 8 nitrogen and oxygen atoms in total. The summed E-state index contributed by atoms with van der Waals surface area (Å²) in [6.07, 6.45) is 48.4. The first kappa shape index (κ1) is 56.0. The van der Waals surface area contributed by atoms with Gasteiger partial charge < -0.3 is 19.8 Å². The molecule has 3 unspecified atom stereocenters. The van der Waals surface area contributed by atoms with Crippen molar-refractivity contribution in [1.82, 2.24) is 5.32 Å². The minimum atomic E-state index is -4.34. The second kappa shape index (κ2) is 40.4. The third-order valence-corrected chi connectivity index (χ3v) is 11.9. The minimum Gasteiger partial charge on any atom is -0.387 e. The van der Waals surface area contributed by atoms with Gasteiger partial charge in [-0.15, -0.1) is 0 Å². The van der Waals surface area contributed by atoms with Gasteiger partial charge in [-0.25, -0.2) is 4.57 Å². The smallest absolute Gasteiger partial charge is 0.387 e. The van der Waals surface area contributed by atoms with Gasteiger partial charge in [-0.2, -0.15) is 0 Å². The molecule has 0 saturated heterocycles. The molecular formula is C48H96N2O6P+. The number of phosphoric acid groups is 1. The number of allylic oxidation sites excluding steroid dienone is 3. The summed E-state index contributed by atoms with van der Waals surface area (Å²) >= 11 is 0. The second-order valence-electron chi connectivity index (χ2n) is 17.8. The predicted octanol–water partition coefficient (Wildman–Crippen LogP) is 13.7. The lowest BCUT2D eigenvalue weighted by atomic mass is 10.0. The van der Waals surface area contributed by atoms with Crippen molar-refractivity contribution in [1.29, 1.82) is 0 Å². The van der Waals surface area contributed by atoms with E-state index in [0.717, 1.165) is 38.5 Å². The maximum Gasteiger partial charge on any atom is 0.472 e. The number of quaternary nitrogens is 1. The van der Waals surface area contributed by atoms with E-state index in [9.17, 15) is 19.4 Å². The van der Waals surface area contributed by atoms with E-state index < -0.39 is 20.0 Å². The molecule has 9 heteroatoms. The van der Waals surface area contributed by atoms with Gasteiger partial charge >= 0.3 is 7.82 Å². The SMILES string of the molecule is CCCCCCCC/C=C/CC/C=C/C(O)C(COP(=O)(O)OCC[N+](C)(C)C)NC(=O)CCCCCCCCCCCCCCCCCCCCCCCCC. The van der Waals surface area contributed by atoms with E-state index in [2.05, 4.69) is 31.3 Å². The topological polar surface area (TPSA) is 105 Å². The normalized spacial score (nSPS) is 14.4. The number of carbonyl (C=O) groups is 1. The molecule has 3 atom stereocenters. The summed E-state index contributed by atoms with van der Waals surface area (Å²) in [5, 5.41) is 13.8. The van der Waals surface area contributed by atoms with E-state index in [4.69, 9.17) is 9.05 Å². The molecule has 0 rings (SSSR count). The molecule has 0 aliphatic rings. The standard InChI is InChI=1S/C48H95N2O6P/c1-6-8-10-12-14-16-18-20-21-22-23-24-25-26-27-28-29-30-32-34-36-38-40-42-48(52)49-46(45-56-57(53,54)55-44-43-50(3,4)5)47(51)41-39-37-35-33-31-19-17-15-13-11-9-7-2/h31,33,39,41,46-47,51H,6-30,32,34-38,40,42-45H2,1-5H3,(H-,49,52,53,54)/p+1/b33-31+,41-39+. The van der Waals surface area contributed by atoms with Gasteiger partial charge in [-0.1, -0.05) is 212 Å². The van der Waals surface area contributed by atoms with Crippen molar-refractivity contribution in [2.24, 2.45) is 0 Å². The van der Waals surface area contributed by atoms with Gasteiger partial charge in [0.05, 0.1) is 39.9 Å². The number of hydrogen-bond acceptors (Lipinski definition) is 5. The molecule has 338 valence electrons. The lowest BCUT2D eigenvalue weighted by Crippen LogP contribution is -2.45. The highest BCUT2D eigenvalue weighted by Crippen LogP contribution is 2.43. The van der Waals surface area contributed by atoms with Gasteiger partial charge in [-0.3, -0.25) is 13.8 Å². The molecule has 0 fully saturated rings. The third-order valence-electron chi connectivity index (χ3n) is 10.9. The van der Waals surface area contributed by atoms with Crippen LogP contribution < -0.4 is 5.32 Å². The van der Waals surface area contributed by atoms with Crippen LogP contribution in [0.4, 0.5) is 0 Å². The molecule has 1 amide bonds. The molecule has 0 spiro atoms. The van der Waals surface area contributed by atoms with E-state index in [1.54, 1.807) is 6.08 Å². The van der Waals surface area contributed by atoms with Crippen LogP contribution >= 0.6 is 7.82 Å². The number of rotatable bonds is 44. The molecular weight excluding hydrogens is 732 g/mol. The number of carbonyl (C=O) groups excluding carboxylic acids is 1. The molecule has 57 heavy (non-hydrogen) atoms. The van der Waals surface area contributed by atoms with Crippen LogP contribution in [-0.2, 0) is 18.4 Å². The van der Waals surface area contributed by atoms with Gasteiger partial charge in [0.2, 0.25) is 5.91 Å². The molecule has 3 N–H and O–H groups in total. The van der Waals surface area contributed by atoms with Crippen LogP contribution in [0.25, 0.3) is 0 Å². The first-order valence-corrected chi connectivity index (χ1v) is 25.7. The van der Waals surface area contributed by atoms with Crippen LogP contribution in [-0.4, -0.2) is 73.4 Å². The number of likely N-dealkylation sites (N-methyl/N-ethyl adjacent to an activating group) is 1. The van der Waals surface area contributed by atoms with E-state index >= 15 is 0 Å². The number of amides is 1. The summed E-state index contributed by atoms with van der Waals surface area (Å²) in [5.74, 6) is -0.184. The van der Waals surface area contributed by atoms with E-state index in [1.165, 1.54) is 167 Å². The van der Waals surface area contributed by atoms with Crippen LogP contribution in [0, 0.1) is 0 Å². The van der Waals surface area contributed by atoms with Crippen molar-refractivity contribution in [3.63, 3.8) is 0 Å². The maximum atomic E-state index is 12.9. The predicted molar refractivity (Wildman–Crippen MR) is 245 cm³/mol. The van der Waals surface area contributed by atoms with Gasteiger partial charge in [0.15, 0.2) is 0 Å². The minimum absolute atomic E-state index is 0.0582. The Hall–Kier alpha value is -1.02. The van der Waals surface area contributed by atoms with Crippen molar-refractivity contribution in [2.75, 3.05) is 40.9 Å². The summed E-state index contributed by atoms with van der Waals surface area (Å²) in [6, 6.07) is -0.857. The van der Waals surface area contributed by atoms with Gasteiger partial charge in [0.1, 0.15) is 13.2 Å². The molecule has 0 bridgehead atoms. The second-order valence-corrected chi connectivity index (χ2v) is 19.3. The largest absolute Gasteiger partial charge is 0.472 e. The molecule has 0 radical (unpaired) electrons. The van der Waals surface area contributed by atoms with Crippen LogP contribution in [0.5, 0.6) is 0 Å². The molecule has 0 saturated carbocycles. The summed E-state index contributed by atoms with van der Waals surface area (Å²) in [7, 11) is 1.56. The lowest BCUT2D eigenvalue weighted by Gasteiger charge is -2.25. The average molecular weight is 828 g/mol. The summed E-state index contributed by atoms with van der Waals surface area (Å²) in [5.41, 5.74) is 0. The fourth-order valence-corrected chi connectivity index (χ4v) is 7.79. The van der Waals surface area contributed by atoms with Gasteiger partial charge in [0.25, 0.3) is 0 Å². The Labute approximate surface area is 354 Å². The van der Waals surface area contributed by atoms with E-state index in [-0.39, 0.29) is 19.1 Å². The molecule has 0 aliphatic heterocycles. The van der Waals surface area contributed by atoms with Crippen LogP contribution in [0.2, 0.25) is 0 Å². The van der Waals surface area contributed by atoms with Crippen LogP contribution in [0.3, 0.4) is 0 Å². The van der Waals surface area contributed by atoms with Crippen molar-refractivity contribution >= 4 is 13.7 Å². The molecule has 0 aliphatic carbocycles.